The Kier molecular flexibility index (Phi) is 5.05. The Balaban J connectivity index is 2.89. The quantitative estimate of drug-likeness (QED) is 0.823. The number of aliphatic hydroxyl groups excluding tert-OH is 1. The Morgan fingerprint density at radius 3 is 2.69 bits per heavy atom. The summed E-state index contributed by atoms with van der Waals surface area (Å²) in [6, 6.07) is 4.00. The van der Waals surface area contributed by atoms with Gasteiger partial charge >= 0.3 is 0 Å². The van der Waals surface area contributed by atoms with Crippen molar-refractivity contribution in [3.05, 3.63) is 21.9 Å². The highest BCUT2D eigenvalue weighted by Gasteiger charge is 2.07. The van der Waals surface area contributed by atoms with Crippen LogP contribution in [0, 0.1) is 0 Å². The van der Waals surface area contributed by atoms with Gasteiger partial charge in [-0.2, -0.15) is 0 Å². The number of rotatable bonds is 5. The fourth-order valence-electron chi connectivity index (χ4n) is 1.11. The zero-order chi connectivity index (χ0) is 12.1. The molecule has 5 heteroatoms. The fraction of sp³-hybridized carbons (Fsp3) is 0.364. The number of aliphatic hydroxyl groups is 1. The van der Waals surface area contributed by atoms with E-state index in [4.69, 9.17) is 0 Å². The topological polar surface area (TPSA) is 40.5 Å². The van der Waals surface area contributed by atoms with Gasteiger partial charge in [-0.05, 0) is 25.1 Å². The van der Waals surface area contributed by atoms with E-state index in [1.807, 2.05) is 37.2 Å². The minimum Gasteiger partial charge on any atom is -0.388 e. The molecule has 1 N–H and O–H groups in total. The first-order chi connectivity index (χ1) is 7.54. The van der Waals surface area contributed by atoms with E-state index >= 15 is 0 Å². The van der Waals surface area contributed by atoms with Crippen LogP contribution in [0.3, 0.4) is 0 Å². The molecule has 1 rings (SSSR count). The molecule has 0 aliphatic rings. The van der Waals surface area contributed by atoms with Gasteiger partial charge in [0.1, 0.15) is 0 Å². The van der Waals surface area contributed by atoms with Gasteiger partial charge in [0.2, 0.25) is 0 Å². The Labute approximate surface area is 104 Å². The van der Waals surface area contributed by atoms with Gasteiger partial charge in [0.25, 0.3) is 0 Å². The van der Waals surface area contributed by atoms with Gasteiger partial charge in [0.15, 0.2) is 5.62 Å². The maximum atomic E-state index is 10.4. The number of hydrogen-bond acceptors (Lipinski definition) is 5. The lowest BCUT2D eigenvalue weighted by Gasteiger charge is -2.07. The monoisotopic (exact) mass is 257 g/mol. The highest BCUT2D eigenvalue weighted by molar-refractivity contribution is 8.15. The Bertz CT molecular complexity index is 383. The molecule has 1 atom stereocenters. The van der Waals surface area contributed by atoms with Gasteiger partial charge in [-0.15, -0.1) is 11.3 Å². The summed E-state index contributed by atoms with van der Waals surface area (Å²) in [6.45, 7) is 1.66. The molecule has 0 saturated heterocycles. The number of anilines is 1. The molecule has 1 heterocycles. The number of carbonyl (C=O) groups is 1. The van der Waals surface area contributed by atoms with Gasteiger partial charge in [0.05, 0.1) is 11.1 Å². The SMILES string of the molecule is CC(O)/C(=C/c1ccc(N(C)C)s1)SC=O. The summed E-state index contributed by atoms with van der Waals surface area (Å²) in [5, 5.41) is 10.6. The van der Waals surface area contributed by atoms with Gasteiger partial charge in [0, 0.05) is 23.9 Å². The predicted molar refractivity (Wildman–Crippen MR) is 72.6 cm³/mol. The third-order valence-electron chi connectivity index (χ3n) is 1.93. The van der Waals surface area contributed by atoms with E-state index in [0.717, 1.165) is 27.3 Å². The molecule has 0 radical (unpaired) electrons. The van der Waals surface area contributed by atoms with Crippen LogP contribution in [-0.2, 0) is 4.79 Å². The molecular formula is C11H15NO2S2. The summed E-state index contributed by atoms with van der Waals surface area (Å²) in [5.41, 5.74) is 0.735. The van der Waals surface area contributed by atoms with E-state index in [-0.39, 0.29) is 0 Å². The first-order valence-corrected chi connectivity index (χ1v) is 6.51. The Morgan fingerprint density at radius 2 is 2.25 bits per heavy atom. The molecule has 0 saturated carbocycles. The average Bonchev–Trinajstić information content (AvgIpc) is 2.65. The average molecular weight is 257 g/mol. The number of hydrogen-bond donors (Lipinski definition) is 1. The van der Waals surface area contributed by atoms with Crippen LogP contribution in [0.1, 0.15) is 11.8 Å². The predicted octanol–water partition coefficient (Wildman–Crippen LogP) is 2.46. The van der Waals surface area contributed by atoms with Crippen molar-refractivity contribution in [2.75, 3.05) is 19.0 Å². The molecule has 0 aliphatic carbocycles. The Morgan fingerprint density at radius 1 is 1.56 bits per heavy atom. The summed E-state index contributed by atoms with van der Waals surface area (Å²) in [5.74, 6) is 0. The fourth-order valence-corrected chi connectivity index (χ4v) is 2.57. The summed E-state index contributed by atoms with van der Waals surface area (Å²) in [6.07, 6.45) is 1.24. The normalized spacial score (nSPS) is 13.6. The molecule has 0 fully saturated rings. The van der Waals surface area contributed by atoms with Crippen molar-refractivity contribution in [2.24, 2.45) is 0 Å². The van der Waals surface area contributed by atoms with E-state index in [1.54, 1.807) is 18.3 Å². The molecule has 3 nitrogen and oxygen atoms in total. The largest absolute Gasteiger partial charge is 0.388 e. The molecular weight excluding hydrogens is 242 g/mol. The Hall–Kier alpha value is -0.780. The van der Waals surface area contributed by atoms with Gasteiger partial charge in [-0.1, -0.05) is 11.8 Å². The van der Waals surface area contributed by atoms with Crippen molar-refractivity contribution >= 4 is 39.8 Å². The van der Waals surface area contributed by atoms with Crippen LogP contribution >= 0.6 is 23.1 Å². The molecule has 1 unspecified atom stereocenters. The van der Waals surface area contributed by atoms with Crippen LogP contribution in [0.4, 0.5) is 5.00 Å². The maximum Gasteiger partial charge on any atom is 0.180 e. The second-order valence-corrected chi connectivity index (χ2v) is 5.50. The van der Waals surface area contributed by atoms with Crippen molar-refractivity contribution in [1.82, 2.24) is 0 Å². The minimum atomic E-state index is -0.611. The van der Waals surface area contributed by atoms with Crippen LogP contribution in [0.15, 0.2) is 17.0 Å². The van der Waals surface area contributed by atoms with Crippen LogP contribution in [0.5, 0.6) is 0 Å². The molecule has 0 aromatic carbocycles. The summed E-state index contributed by atoms with van der Waals surface area (Å²) >= 11 is 2.64. The van der Waals surface area contributed by atoms with Crippen molar-refractivity contribution in [3.63, 3.8) is 0 Å². The third kappa shape index (κ3) is 3.66. The first-order valence-electron chi connectivity index (χ1n) is 4.81. The number of nitrogens with zero attached hydrogens (tertiary/aromatic N) is 1. The van der Waals surface area contributed by atoms with E-state index in [2.05, 4.69) is 0 Å². The highest BCUT2D eigenvalue weighted by atomic mass is 32.2. The smallest absolute Gasteiger partial charge is 0.180 e. The third-order valence-corrected chi connectivity index (χ3v) is 3.96. The maximum absolute atomic E-state index is 10.4. The lowest BCUT2D eigenvalue weighted by Crippen LogP contribution is -2.05. The lowest BCUT2D eigenvalue weighted by atomic mass is 10.3. The zero-order valence-corrected chi connectivity index (χ0v) is 11.1. The van der Waals surface area contributed by atoms with E-state index in [1.165, 1.54) is 0 Å². The molecule has 1 aromatic heterocycles. The van der Waals surface area contributed by atoms with Gasteiger partial charge < -0.3 is 10.0 Å². The van der Waals surface area contributed by atoms with Crippen LogP contribution in [0.2, 0.25) is 0 Å². The molecule has 16 heavy (non-hydrogen) atoms. The molecule has 0 bridgehead atoms. The van der Waals surface area contributed by atoms with Crippen LogP contribution < -0.4 is 4.90 Å². The van der Waals surface area contributed by atoms with E-state index in [9.17, 15) is 9.90 Å². The molecule has 88 valence electrons. The van der Waals surface area contributed by atoms with Crippen LogP contribution in [0.25, 0.3) is 6.08 Å². The lowest BCUT2D eigenvalue weighted by molar-refractivity contribution is 0.241. The van der Waals surface area contributed by atoms with Crippen molar-refractivity contribution in [2.45, 2.75) is 13.0 Å². The summed E-state index contributed by atoms with van der Waals surface area (Å²) < 4.78 is 0. The van der Waals surface area contributed by atoms with Gasteiger partial charge in [-0.25, -0.2) is 0 Å². The zero-order valence-electron chi connectivity index (χ0n) is 9.51. The van der Waals surface area contributed by atoms with Crippen LogP contribution in [-0.4, -0.2) is 30.9 Å². The number of thioether (sulfide) groups is 1. The second kappa shape index (κ2) is 6.08. The molecule has 0 aliphatic heterocycles. The van der Waals surface area contributed by atoms with Crippen molar-refractivity contribution in [1.29, 1.82) is 0 Å². The van der Waals surface area contributed by atoms with E-state index in [0.29, 0.717) is 4.91 Å². The number of carbonyl (C=O) groups excluding carboxylic acids is 1. The van der Waals surface area contributed by atoms with E-state index < -0.39 is 6.10 Å². The second-order valence-electron chi connectivity index (χ2n) is 3.51. The molecule has 0 amide bonds. The van der Waals surface area contributed by atoms with Crippen molar-refractivity contribution < 1.29 is 9.90 Å². The molecule has 0 spiro atoms. The molecule has 1 aromatic rings. The standard InChI is InChI=1S/C11H15NO2S2/c1-8(14)10(15-7-13)6-9-4-5-11(16-9)12(2)3/h4-8,14H,1-3H3/b10-6-. The van der Waals surface area contributed by atoms with Gasteiger partial charge in [-0.3, -0.25) is 4.79 Å². The summed E-state index contributed by atoms with van der Waals surface area (Å²) in [7, 11) is 3.96. The highest BCUT2D eigenvalue weighted by Crippen LogP contribution is 2.28. The number of thiophene rings is 1. The first kappa shape index (κ1) is 13.3. The summed E-state index contributed by atoms with van der Waals surface area (Å²) in [4.78, 5) is 14.2. The van der Waals surface area contributed by atoms with Crippen molar-refractivity contribution in [3.8, 4) is 0 Å². The minimum absolute atomic E-state index is 0.611.